The smallest absolute Gasteiger partial charge is 0.0456 e. The van der Waals surface area contributed by atoms with E-state index in [2.05, 4.69) is 49.3 Å². The fraction of sp³-hybridized carbons (Fsp3) is 0.333. The average molecular weight is 173 g/mol. The van der Waals surface area contributed by atoms with Gasteiger partial charge in [-0.1, -0.05) is 32.0 Å². The van der Waals surface area contributed by atoms with Crippen LogP contribution in [0.2, 0.25) is 0 Å². The molecule has 1 heterocycles. The van der Waals surface area contributed by atoms with Gasteiger partial charge in [0.15, 0.2) is 0 Å². The van der Waals surface area contributed by atoms with E-state index in [4.69, 9.17) is 0 Å². The van der Waals surface area contributed by atoms with E-state index in [9.17, 15) is 0 Å². The number of H-pyrrole nitrogens is 1. The molecule has 68 valence electrons. The lowest BCUT2D eigenvalue weighted by Crippen LogP contribution is -1.91. The Hall–Kier alpha value is -1.24. The summed E-state index contributed by atoms with van der Waals surface area (Å²) >= 11 is 0. The summed E-state index contributed by atoms with van der Waals surface area (Å²) < 4.78 is 0. The SMILES string of the molecule is CC(C)Cc1c[nH]c2ccccc12. The summed E-state index contributed by atoms with van der Waals surface area (Å²) in [6.45, 7) is 4.50. The van der Waals surface area contributed by atoms with Crippen molar-refractivity contribution in [1.29, 1.82) is 0 Å². The van der Waals surface area contributed by atoms with Gasteiger partial charge in [0.05, 0.1) is 0 Å². The van der Waals surface area contributed by atoms with Crippen molar-refractivity contribution in [2.24, 2.45) is 5.92 Å². The molecule has 1 heteroatoms. The molecule has 1 aromatic heterocycles. The summed E-state index contributed by atoms with van der Waals surface area (Å²) in [7, 11) is 0. The van der Waals surface area contributed by atoms with Crippen molar-refractivity contribution in [1.82, 2.24) is 4.98 Å². The van der Waals surface area contributed by atoms with Crippen LogP contribution < -0.4 is 0 Å². The number of nitrogens with one attached hydrogen (secondary N) is 1. The van der Waals surface area contributed by atoms with Gasteiger partial charge in [-0.15, -0.1) is 0 Å². The summed E-state index contributed by atoms with van der Waals surface area (Å²) in [6.07, 6.45) is 3.29. The van der Waals surface area contributed by atoms with Gasteiger partial charge in [0.2, 0.25) is 0 Å². The minimum Gasteiger partial charge on any atom is -0.361 e. The van der Waals surface area contributed by atoms with Crippen molar-refractivity contribution in [2.45, 2.75) is 20.3 Å². The average Bonchev–Trinajstić information content (AvgIpc) is 2.48. The second kappa shape index (κ2) is 3.25. The fourth-order valence-corrected chi connectivity index (χ4v) is 1.74. The van der Waals surface area contributed by atoms with Gasteiger partial charge in [-0.3, -0.25) is 0 Å². The van der Waals surface area contributed by atoms with Gasteiger partial charge in [0.1, 0.15) is 0 Å². The number of aromatic nitrogens is 1. The molecule has 0 atom stereocenters. The van der Waals surface area contributed by atoms with Crippen molar-refractivity contribution in [2.75, 3.05) is 0 Å². The van der Waals surface area contributed by atoms with Crippen LogP contribution >= 0.6 is 0 Å². The van der Waals surface area contributed by atoms with Crippen LogP contribution in [0.3, 0.4) is 0 Å². The standard InChI is InChI=1S/C12H15N/c1-9(2)7-10-8-13-12-6-4-3-5-11(10)12/h3-6,8-9,13H,7H2,1-2H3. The van der Waals surface area contributed by atoms with Crippen LogP contribution in [-0.2, 0) is 6.42 Å². The molecule has 1 nitrogen and oxygen atoms in total. The zero-order chi connectivity index (χ0) is 9.26. The van der Waals surface area contributed by atoms with Gasteiger partial charge < -0.3 is 4.98 Å². The zero-order valence-electron chi connectivity index (χ0n) is 8.17. The highest BCUT2D eigenvalue weighted by Gasteiger charge is 2.03. The minimum atomic E-state index is 0.721. The first-order valence-corrected chi connectivity index (χ1v) is 4.82. The van der Waals surface area contributed by atoms with Gasteiger partial charge in [-0.05, 0) is 24.0 Å². The Morgan fingerprint density at radius 2 is 2.00 bits per heavy atom. The number of benzene rings is 1. The predicted octanol–water partition coefficient (Wildman–Crippen LogP) is 3.37. The van der Waals surface area contributed by atoms with Gasteiger partial charge in [0, 0.05) is 17.1 Å². The van der Waals surface area contributed by atoms with Crippen LogP contribution in [0.5, 0.6) is 0 Å². The number of hydrogen-bond donors (Lipinski definition) is 1. The molecule has 0 aliphatic rings. The molecular formula is C12H15N. The predicted molar refractivity (Wildman–Crippen MR) is 56.8 cm³/mol. The molecule has 0 amide bonds. The van der Waals surface area contributed by atoms with Crippen LogP contribution in [0, 0.1) is 5.92 Å². The maximum atomic E-state index is 3.29. The highest BCUT2D eigenvalue weighted by atomic mass is 14.7. The normalized spacial score (nSPS) is 11.3. The third-order valence-corrected chi connectivity index (χ3v) is 2.30. The molecule has 1 N–H and O–H groups in total. The van der Waals surface area contributed by atoms with Crippen LogP contribution in [-0.4, -0.2) is 4.98 Å². The summed E-state index contributed by atoms with van der Waals surface area (Å²) in [5.74, 6) is 0.721. The third kappa shape index (κ3) is 1.59. The van der Waals surface area contributed by atoms with Gasteiger partial charge in [0.25, 0.3) is 0 Å². The molecule has 2 rings (SSSR count). The Morgan fingerprint density at radius 3 is 2.77 bits per heavy atom. The molecular weight excluding hydrogens is 158 g/mol. The second-order valence-electron chi connectivity index (χ2n) is 3.96. The molecule has 0 bridgehead atoms. The number of hydrogen-bond acceptors (Lipinski definition) is 0. The lowest BCUT2D eigenvalue weighted by molar-refractivity contribution is 0.650. The third-order valence-electron chi connectivity index (χ3n) is 2.30. The number of aromatic amines is 1. The van der Waals surface area contributed by atoms with E-state index in [1.165, 1.54) is 16.5 Å². The topological polar surface area (TPSA) is 15.8 Å². The lowest BCUT2D eigenvalue weighted by atomic mass is 10.0. The molecule has 0 spiro atoms. The summed E-state index contributed by atoms with van der Waals surface area (Å²) in [6, 6.07) is 8.47. The minimum absolute atomic E-state index is 0.721. The Labute approximate surface area is 78.8 Å². The van der Waals surface area contributed by atoms with Crippen molar-refractivity contribution < 1.29 is 0 Å². The van der Waals surface area contributed by atoms with E-state index >= 15 is 0 Å². The summed E-state index contributed by atoms with van der Waals surface area (Å²) in [5, 5.41) is 1.37. The van der Waals surface area contributed by atoms with Gasteiger partial charge in [-0.25, -0.2) is 0 Å². The maximum absolute atomic E-state index is 3.29. The van der Waals surface area contributed by atoms with E-state index in [0.29, 0.717) is 0 Å². The molecule has 0 fully saturated rings. The summed E-state index contributed by atoms with van der Waals surface area (Å²) in [5.41, 5.74) is 2.68. The van der Waals surface area contributed by atoms with E-state index in [0.717, 1.165) is 12.3 Å². The van der Waals surface area contributed by atoms with Crippen LogP contribution in [0.1, 0.15) is 19.4 Å². The quantitative estimate of drug-likeness (QED) is 0.716. The van der Waals surface area contributed by atoms with Crippen molar-refractivity contribution in [3.05, 3.63) is 36.0 Å². The Morgan fingerprint density at radius 1 is 1.23 bits per heavy atom. The first-order chi connectivity index (χ1) is 6.27. The van der Waals surface area contributed by atoms with E-state index in [1.807, 2.05) is 0 Å². The highest BCUT2D eigenvalue weighted by molar-refractivity contribution is 5.83. The Bertz CT molecular complexity index is 398. The van der Waals surface area contributed by atoms with Gasteiger partial charge in [-0.2, -0.15) is 0 Å². The molecule has 13 heavy (non-hydrogen) atoms. The molecule has 2 aromatic rings. The second-order valence-corrected chi connectivity index (χ2v) is 3.96. The van der Waals surface area contributed by atoms with Crippen LogP contribution in [0.15, 0.2) is 30.5 Å². The molecule has 0 radical (unpaired) electrons. The Kier molecular flexibility index (Phi) is 2.09. The van der Waals surface area contributed by atoms with E-state index in [1.54, 1.807) is 0 Å². The van der Waals surface area contributed by atoms with Crippen LogP contribution in [0.4, 0.5) is 0 Å². The first-order valence-electron chi connectivity index (χ1n) is 4.82. The molecule has 0 aliphatic carbocycles. The zero-order valence-corrected chi connectivity index (χ0v) is 8.17. The van der Waals surface area contributed by atoms with E-state index < -0.39 is 0 Å². The van der Waals surface area contributed by atoms with E-state index in [-0.39, 0.29) is 0 Å². The lowest BCUT2D eigenvalue weighted by Gasteiger charge is -2.01. The maximum Gasteiger partial charge on any atom is 0.0456 e. The number of fused-ring (bicyclic) bond motifs is 1. The first kappa shape index (κ1) is 8.36. The molecule has 0 saturated carbocycles. The largest absolute Gasteiger partial charge is 0.361 e. The van der Waals surface area contributed by atoms with Crippen molar-refractivity contribution >= 4 is 10.9 Å². The molecule has 1 aromatic carbocycles. The highest BCUT2D eigenvalue weighted by Crippen LogP contribution is 2.20. The Balaban J connectivity index is 2.46. The number of rotatable bonds is 2. The van der Waals surface area contributed by atoms with Gasteiger partial charge >= 0.3 is 0 Å². The van der Waals surface area contributed by atoms with Crippen molar-refractivity contribution in [3.8, 4) is 0 Å². The fourth-order valence-electron chi connectivity index (χ4n) is 1.74. The molecule has 0 saturated heterocycles. The molecule has 0 unspecified atom stereocenters. The number of para-hydroxylation sites is 1. The monoisotopic (exact) mass is 173 g/mol. The van der Waals surface area contributed by atoms with Crippen molar-refractivity contribution in [3.63, 3.8) is 0 Å². The van der Waals surface area contributed by atoms with Crippen LogP contribution in [0.25, 0.3) is 10.9 Å². The summed E-state index contributed by atoms with van der Waals surface area (Å²) in [4.78, 5) is 3.29. The molecule has 0 aliphatic heterocycles.